The number of nitrogens with zero attached hydrogens (tertiary/aromatic N) is 2. The van der Waals surface area contributed by atoms with Crippen LogP contribution in [0.2, 0.25) is 0 Å². The number of amides is 1. The quantitative estimate of drug-likeness (QED) is 0.809. The number of benzene rings is 1. The van der Waals surface area contributed by atoms with Crippen LogP contribution in [0.15, 0.2) is 24.3 Å². The Kier molecular flexibility index (Phi) is 6.11. The molecule has 0 spiro atoms. The minimum atomic E-state index is -0.724. The summed E-state index contributed by atoms with van der Waals surface area (Å²) in [7, 11) is 0. The molecule has 0 aromatic heterocycles. The molecule has 1 aliphatic rings. The highest BCUT2D eigenvalue weighted by Gasteiger charge is 2.37. The Balaban J connectivity index is 1.92. The van der Waals surface area contributed by atoms with Gasteiger partial charge < -0.3 is 20.1 Å². The van der Waals surface area contributed by atoms with Gasteiger partial charge in [0.2, 0.25) is 0 Å². The molecule has 0 bridgehead atoms. The first-order valence-electron chi connectivity index (χ1n) is 7.92. The highest BCUT2D eigenvalue weighted by atomic mass is 16.5. The molecule has 6 heteroatoms. The summed E-state index contributed by atoms with van der Waals surface area (Å²) in [5.41, 5.74) is 0.966. The standard InChI is InChI=1S/C17H23N3O3/c1-3-20(4-2)10-15-16(21)14(11-23-15)19-17(22)13-7-5-12(9-18)6-8-13/h5-8,14-16,21H,3-4,10-11H2,1-2H3,(H,19,22)/t14-,15+,16-/m1/s1. The van der Waals surface area contributed by atoms with Crippen molar-refractivity contribution in [2.75, 3.05) is 26.2 Å². The van der Waals surface area contributed by atoms with Crippen molar-refractivity contribution in [1.29, 1.82) is 5.26 Å². The minimum Gasteiger partial charge on any atom is -0.388 e. The summed E-state index contributed by atoms with van der Waals surface area (Å²) < 4.78 is 5.64. The average Bonchev–Trinajstić information content (AvgIpc) is 2.92. The maximum atomic E-state index is 12.2. The number of likely N-dealkylation sites (N-methyl/N-ethyl adjacent to an activating group) is 1. The average molecular weight is 317 g/mol. The van der Waals surface area contributed by atoms with Crippen molar-refractivity contribution >= 4 is 5.91 Å². The number of ether oxygens (including phenoxy) is 1. The van der Waals surface area contributed by atoms with E-state index in [1.54, 1.807) is 24.3 Å². The minimum absolute atomic E-state index is 0.273. The zero-order chi connectivity index (χ0) is 16.8. The third-order valence-electron chi connectivity index (χ3n) is 4.21. The van der Waals surface area contributed by atoms with E-state index < -0.39 is 12.1 Å². The van der Waals surface area contributed by atoms with Crippen molar-refractivity contribution in [3.63, 3.8) is 0 Å². The van der Waals surface area contributed by atoms with E-state index in [2.05, 4.69) is 24.1 Å². The molecule has 0 aliphatic carbocycles. The lowest BCUT2D eigenvalue weighted by atomic mass is 10.1. The number of hydrogen-bond donors (Lipinski definition) is 2. The Morgan fingerprint density at radius 1 is 1.39 bits per heavy atom. The first-order chi connectivity index (χ1) is 11.1. The molecule has 1 aliphatic heterocycles. The summed E-state index contributed by atoms with van der Waals surface area (Å²) in [5, 5.41) is 21.9. The van der Waals surface area contributed by atoms with Gasteiger partial charge in [-0.05, 0) is 37.4 Å². The molecule has 1 heterocycles. The summed E-state index contributed by atoms with van der Waals surface area (Å²) in [6.07, 6.45) is -1.01. The molecule has 1 aromatic rings. The van der Waals surface area contributed by atoms with E-state index in [-0.39, 0.29) is 12.0 Å². The Morgan fingerprint density at radius 3 is 2.61 bits per heavy atom. The lowest BCUT2D eigenvalue weighted by Crippen LogP contribution is -2.46. The van der Waals surface area contributed by atoms with Crippen LogP contribution >= 0.6 is 0 Å². The molecule has 1 fully saturated rings. The molecule has 6 nitrogen and oxygen atoms in total. The SMILES string of the molecule is CCN(CC)C[C@@H]1OC[C@@H](NC(=O)c2ccc(C#N)cc2)[C@H]1O. The zero-order valence-corrected chi connectivity index (χ0v) is 13.5. The second kappa shape index (κ2) is 8.06. The zero-order valence-electron chi connectivity index (χ0n) is 13.5. The van der Waals surface area contributed by atoms with Crippen LogP contribution in [0.3, 0.4) is 0 Å². The van der Waals surface area contributed by atoms with Crippen molar-refractivity contribution in [3.8, 4) is 6.07 Å². The van der Waals surface area contributed by atoms with Crippen LogP contribution in [-0.2, 0) is 4.74 Å². The number of rotatable bonds is 6. The fourth-order valence-corrected chi connectivity index (χ4v) is 2.66. The number of aliphatic hydroxyl groups excluding tert-OH is 1. The van der Waals surface area contributed by atoms with Crippen LogP contribution in [-0.4, -0.2) is 60.4 Å². The number of nitrogens with one attached hydrogen (secondary N) is 1. The smallest absolute Gasteiger partial charge is 0.251 e. The number of nitriles is 1. The van der Waals surface area contributed by atoms with Gasteiger partial charge in [-0.3, -0.25) is 4.79 Å². The number of aliphatic hydroxyl groups is 1. The van der Waals surface area contributed by atoms with E-state index in [9.17, 15) is 9.90 Å². The van der Waals surface area contributed by atoms with E-state index in [1.165, 1.54) is 0 Å². The second-order valence-electron chi connectivity index (χ2n) is 5.62. The maximum Gasteiger partial charge on any atom is 0.251 e. The van der Waals surface area contributed by atoms with Crippen molar-refractivity contribution in [1.82, 2.24) is 10.2 Å². The molecular formula is C17H23N3O3. The molecule has 0 saturated carbocycles. The van der Waals surface area contributed by atoms with Gasteiger partial charge in [0.05, 0.1) is 30.4 Å². The van der Waals surface area contributed by atoms with Gasteiger partial charge in [-0.25, -0.2) is 0 Å². The normalized spacial score (nSPS) is 23.7. The van der Waals surface area contributed by atoms with Crippen LogP contribution < -0.4 is 5.32 Å². The van der Waals surface area contributed by atoms with Crippen LogP contribution in [0, 0.1) is 11.3 Å². The molecule has 2 rings (SSSR count). The lowest BCUT2D eigenvalue weighted by Gasteiger charge is -2.24. The van der Waals surface area contributed by atoms with E-state index in [4.69, 9.17) is 10.00 Å². The van der Waals surface area contributed by atoms with Crippen LogP contribution in [0.25, 0.3) is 0 Å². The molecule has 0 unspecified atom stereocenters. The molecule has 1 amide bonds. The van der Waals surface area contributed by atoms with Gasteiger partial charge in [0.25, 0.3) is 5.91 Å². The molecule has 124 valence electrons. The summed E-state index contributed by atoms with van der Waals surface area (Å²) in [6.45, 7) is 6.87. The Hall–Kier alpha value is -1.94. The van der Waals surface area contributed by atoms with E-state index >= 15 is 0 Å². The fourth-order valence-electron chi connectivity index (χ4n) is 2.66. The van der Waals surface area contributed by atoms with Crippen molar-refractivity contribution in [2.45, 2.75) is 32.1 Å². The third kappa shape index (κ3) is 4.29. The summed E-state index contributed by atoms with van der Waals surface area (Å²) in [6, 6.07) is 7.99. The molecular weight excluding hydrogens is 294 g/mol. The van der Waals surface area contributed by atoms with Gasteiger partial charge in [-0.2, -0.15) is 5.26 Å². The molecule has 1 saturated heterocycles. The Morgan fingerprint density at radius 2 is 2.04 bits per heavy atom. The molecule has 1 aromatic carbocycles. The van der Waals surface area contributed by atoms with E-state index in [0.717, 1.165) is 13.1 Å². The third-order valence-corrected chi connectivity index (χ3v) is 4.21. The first-order valence-corrected chi connectivity index (χ1v) is 7.92. The Labute approximate surface area is 136 Å². The summed E-state index contributed by atoms with van der Waals surface area (Å²) in [4.78, 5) is 14.4. The number of carbonyl (C=O) groups excluding carboxylic acids is 1. The van der Waals surface area contributed by atoms with Gasteiger partial charge in [-0.1, -0.05) is 13.8 Å². The van der Waals surface area contributed by atoms with Gasteiger partial charge in [0, 0.05) is 12.1 Å². The van der Waals surface area contributed by atoms with Crippen LogP contribution in [0.4, 0.5) is 0 Å². The van der Waals surface area contributed by atoms with Crippen molar-refractivity contribution in [2.24, 2.45) is 0 Å². The van der Waals surface area contributed by atoms with Gasteiger partial charge in [0.15, 0.2) is 0 Å². The maximum absolute atomic E-state index is 12.2. The first kappa shape index (κ1) is 17.4. The molecule has 23 heavy (non-hydrogen) atoms. The summed E-state index contributed by atoms with van der Waals surface area (Å²) in [5.74, 6) is -0.273. The molecule has 0 radical (unpaired) electrons. The van der Waals surface area contributed by atoms with Crippen LogP contribution in [0.1, 0.15) is 29.8 Å². The molecule has 2 N–H and O–H groups in total. The van der Waals surface area contributed by atoms with Gasteiger partial charge in [0.1, 0.15) is 6.10 Å². The highest BCUT2D eigenvalue weighted by Crippen LogP contribution is 2.16. The monoisotopic (exact) mass is 317 g/mol. The van der Waals surface area contributed by atoms with E-state index in [0.29, 0.717) is 24.3 Å². The van der Waals surface area contributed by atoms with Crippen LogP contribution in [0.5, 0.6) is 0 Å². The predicted molar refractivity (Wildman–Crippen MR) is 85.9 cm³/mol. The largest absolute Gasteiger partial charge is 0.388 e. The predicted octanol–water partition coefficient (Wildman–Crippen LogP) is 0.758. The van der Waals surface area contributed by atoms with E-state index in [1.807, 2.05) is 6.07 Å². The van der Waals surface area contributed by atoms with Crippen molar-refractivity contribution < 1.29 is 14.6 Å². The fraction of sp³-hybridized carbons (Fsp3) is 0.529. The Bertz CT molecular complexity index is 563. The lowest BCUT2D eigenvalue weighted by molar-refractivity contribution is 0.0171. The van der Waals surface area contributed by atoms with Gasteiger partial charge in [-0.15, -0.1) is 0 Å². The molecule has 3 atom stereocenters. The summed E-state index contributed by atoms with van der Waals surface area (Å²) >= 11 is 0. The highest BCUT2D eigenvalue weighted by molar-refractivity contribution is 5.94. The van der Waals surface area contributed by atoms with Crippen molar-refractivity contribution in [3.05, 3.63) is 35.4 Å². The van der Waals surface area contributed by atoms with Gasteiger partial charge >= 0.3 is 0 Å². The second-order valence-corrected chi connectivity index (χ2v) is 5.62. The topological polar surface area (TPSA) is 85.6 Å². The number of carbonyl (C=O) groups is 1. The number of hydrogen-bond acceptors (Lipinski definition) is 5.